The van der Waals surface area contributed by atoms with Crippen molar-refractivity contribution in [3.8, 4) is 0 Å². The fourth-order valence-electron chi connectivity index (χ4n) is 3.81. The molecule has 0 aromatic carbocycles. The third-order valence-electron chi connectivity index (χ3n) is 5.08. The average Bonchev–Trinajstić information content (AvgIpc) is 3.14. The number of carbonyl (C=O) groups is 2. The van der Waals surface area contributed by atoms with Crippen LogP contribution in [0.5, 0.6) is 0 Å². The van der Waals surface area contributed by atoms with E-state index in [0.29, 0.717) is 37.9 Å². The molecule has 1 aliphatic heterocycles. The molecule has 2 unspecified atom stereocenters. The minimum Gasteiger partial charge on any atom is -0.480 e. The van der Waals surface area contributed by atoms with Crippen LogP contribution in [0.4, 0.5) is 0 Å². The van der Waals surface area contributed by atoms with E-state index in [-0.39, 0.29) is 11.8 Å². The molecule has 19 heavy (non-hydrogen) atoms. The molecule has 0 spiro atoms. The van der Waals surface area contributed by atoms with Crippen LogP contribution in [0.1, 0.15) is 38.5 Å². The first-order valence-electron chi connectivity index (χ1n) is 7.27. The van der Waals surface area contributed by atoms with Gasteiger partial charge < -0.3 is 15.2 Å². The summed E-state index contributed by atoms with van der Waals surface area (Å²) in [5, 5.41) is 12.3. The predicted octanol–water partition coefficient (Wildman–Crippen LogP) is 1.17. The largest absolute Gasteiger partial charge is 0.480 e. The summed E-state index contributed by atoms with van der Waals surface area (Å²) in [5.74, 6) is 0.134. The Morgan fingerprint density at radius 2 is 1.68 bits per heavy atom. The van der Waals surface area contributed by atoms with Gasteiger partial charge in [0.25, 0.3) is 0 Å². The van der Waals surface area contributed by atoms with Crippen LogP contribution < -0.4 is 5.32 Å². The Bertz CT molecular complexity index is 377. The minimum absolute atomic E-state index is 0.0406. The van der Waals surface area contributed by atoms with Gasteiger partial charge in [-0.25, -0.2) is 4.79 Å². The number of carboxylic acid groups (broad SMARTS) is 1. The second kappa shape index (κ2) is 4.78. The van der Waals surface area contributed by atoms with Crippen LogP contribution in [0.2, 0.25) is 0 Å². The first-order valence-corrected chi connectivity index (χ1v) is 7.27. The van der Waals surface area contributed by atoms with Gasteiger partial charge in [-0.2, -0.15) is 0 Å². The Morgan fingerprint density at radius 3 is 2.21 bits per heavy atom. The molecule has 2 N–H and O–H groups in total. The molecule has 0 aromatic heterocycles. The van der Waals surface area contributed by atoms with Crippen LogP contribution >= 0.6 is 0 Å². The standard InChI is InChI=1S/C14H21NO4/c16-12(11-9-3-1-2-4-10(9)11)15-14(13(17)18)5-7-19-8-6-14/h9-11H,1-8H2,(H,15,16)(H,17,18). The highest BCUT2D eigenvalue weighted by Crippen LogP contribution is 2.55. The highest BCUT2D eigenvalue weighted by molar-refractivity contribution is 5.89. The third kappa shape index (κ3) is 2.24. The Balaban J connectivity index is 1.65. The predicted molar refractivity (Wildman–Crippen MR) is 67.5 cm³/mol. The van der Waals surface area contributed by atoms with Crippen molar-refractivity contribution in [1.29, 1.82) is 0 Å². The quantitative estimate of drug-likeness (QED) is 0.805. The highest BCUT2D eigenvalue weighted by atomic mass is 16.5. The van der Waals surface area contributed by atoms with Gasteiger partial charge in [0.1, 0.15) is 5.54 Å². The summed E-state index contributed by atoms with van der Waals surface area (Å²) in [6.45, 7) is 0.814. The molecule has 3 rings (SSSR count). The molecule has 2 saturated carbocycles. The average molecular weight is 267 g/mol. The summed E-state index contributed by atoms with van der Waals surface area (Å²) in [4.78, 5) is 23.8. The Morgan fingerprint density at radius 1 is 1.11 bits per heavy atom. The highest BCUT2D eigenvalue weighted by Gasteiger charge is 2.56. The Hall–Kier alpha value is -1.10. The molecule has 1 saturated heterocycles. The summed E-state index contributed by atoms with van der Waals surface area (Å²) in [6.07, 6.45) is 5.43. The van der Waals surface area contributed by atoms with E-state index in [1.165, 1.54) is 12.8 Å². The summed E-state index contributed by atoms with van der Waals surface area (Å²) in [6, 6.07) is 0. The molecule has 2 atom stereocenters. The number of aliphatic carboxylic acids is 1. The number of nitrogens with one attached hydrogen (secondary N) is 1. The maximum absolute atomic E-state index is 12.3. The zero-order valence-corrected chi connectivity index (χ0v) is 11.1. The lowest BCUT2D eigenvalue weighted by molar-refractivity contribution is -0.152. The van der Waals surface area contributed by atoms with Crippen LogP contribution in [0.15, 0.2) is 0 Å². The van der Waals surface area contributed by atoms with Crippen molar-refractivity contribution in [2.75, 3.05) is 13.2 Å². The summed E-state index contributed by atoms with van der Waals surface area (Å²) >= 11 is 0. The lowest BCUT2D eigenvalue weighted by Crippen LogP contribution is -2.58. The van der Waals surface area contributed by atoms with Crippen molar-refractivity contribution in [2.24, 2.45) is 17.8 Å². The van der Waals surface area contributed by atoms with Gasteiger partial charge in [-0.3, -0.25) is 4.79 Å². The SMILES string of the molecule is O=C(NC1(C(=O)O)CCOCC1)C1C2CCCCC21. The molecule has 0 bridgehead atoms. The van der Waals surface area contributed by atoms with E-state index >= 15 is 0 Å². The number of ether oxygens (including phenoxy) is 1. The van der Waals surface area contributed by atoms with Crippen LogP contribution in [-0.4, -0.2) is 35.7 Å². The number of hydrogen-bond donors (Lipinski definition) is 2. The maximum Gasteiger partial charge on any atom is 0.329 e. The van der Waals surface area contributed by atoms with Crippen molar-refractivity contribution >= 4 is 11.9 Å². The van der Waals surface area contributed by atoms with Gasteiger partial charge in [0.2, 0.25) is 5.91 Å². The molecule has 2 aliphatic carbocycles. The summed E-state index contributed by atoms with van der Waals surface area (Å²) < 4.78 is 5.21. The van der Waals surface area contributed by atoms with Crippen molar-refractivity contribution in [3.63, 3.8) is 0 Å². The molecule has 106 valence electrons. The van der Waals surface area contributed by atoms with Crippen molar-refractivity contribution in [1.82, 2.24) is 5.32 Å². The van der Waals surface area contributed by atoms with Crippen LogP contribution in [-0.2, 0) is 14.3 Å². The van der Waals surface area contributed by atoms with E-state index in [2.05, 4.69) is 5.32 Å². The molecule has 0 radical (unpaired) electrons. The molecule has 5 heteroatoms. The summed E-state index contributed by atoms with van der Waals surface area (Å²) in [5.41, 5.74) is -1.10. The van der Waals surface area contributed by atoms with Crippen LogP contribution in [0, 0.1) is 17.8 Å². The zero-order chi connectivity index (χ0) is 13.5. The molecule has 3 fully saturated rings. The third-order valence-corrected chi connectivity index (χ3v) is 5.08. The number of rotatable bonds is 3. The molecule has 3 aliphatic rings. The normalized spacial score (nSPS) is 36.1. The first-order chi connectivity index (χ1) is 9.14. The zero-order valence-electron chi connectivity index (χ0n) is 11.1. The molecule has 1 amide bonds. The van der Waals surface area contributed by atoms with E-state index < -0.39 is 11.5 Å². The lowest BCUT2D eigenvalue weighted by Gasteiger charge is -2.34. The van der Waals surface area contributed by atoms with Crippen molar-refractivity contribution < 1.29 is 19.4 Å². The van der Waals surface area contributed by atoms with Gasteiger partial charge in [-0.05, 0) is 24.7 Å². The van der Waals surface area contributed by atoms with Gasteiger partial charge in [0, 0.05) is 32.0 Å². The number of amides is 1. The number of carboxylic acids is 1. The molecular weight excluding hydrogens is 246 g/mol. The van der Waals surface area contributed by atoms with Crippen molar-refractivity contribution in [2.45, 2.75) is 44.1 Å². The van der Waals surface area contributed by atoms with Gasteiger partial charge in [0.05, 0.1) is 0 Å². The molecule has 1 heterocycles. The fourth-order valence-corrected chi connectivity index (χ4v) is 3.81. The van der Waals surface area contributed by atoms with Crippen LogP contribution in [0.3, 0.4) is 0 Å². The van der Waals surface area contributed by atoms with Gasteiger partial charge in [0.15, 0.2) is 0 Å². The van der Waals surface area contributed by atoms with Gasteiger partial charge in [-0.1, -0.05) is 12.8 Å². The van der Waals surface area contributed by atoms with E-state index in [0.717, 1.165) is 12.8 Å². The minimum atomic E-state index is -1.10. The van der Waals surface area contributed by atoms with E-state index in [1.807, 2.05) is 0 Å². The molecule has 0 aromatic rings. The molecular formula is C14H21NO4. The second-order valence-corrected chi connectivity index (χ2v) is 6.13. The van der Waals surface area contributed by atoms with E-state index in [4.69, 9.17) is 4.74 Å². The van der Waals surface area contributed by atoms with Gasteiger partial charge >= 0.3 is 5.97 Å². The lowest BCUT2D eigenvalue weighted by atomic mass is 9.89. The van der Waals surface area contributed by atoms with Gasteiger partial charge in [-0.15, -0.1) is 0 Å². The molecule has 5 nitrogen and oxygen atoms in total. The smallest absolute Gasteiger partial charge is 0.329 e. The van der Waals surface area contributed by atoms with E-state index in [9.17, 15) is 14.7 Å². The fraction of sp³-hybridized carbons (Fsp3) is 0.857. The Labute approximate surface area is 112 Å². The topological polar surface area (TPSA) is 75.6 Å². The first kappa shape index (κ1) is 12.9. The number of carbonyl (C=O) groups excluding carboxylic acids is 1. The van der Waals surface area contributed by atoms with Crippen LogP contribution in [0.25, 0.3) is 0 Å². The Kier molecular flexibility index (Phi) is 3.25. The van der Waals surface area contributed by atoms with E-state index in [1.54, 1.807) is 0 Å². The van der Waals surface area contributed by atoms with Crippen molar-refractivity contribution in [3.05, 3.63) is 0 Å². The maximum atomic E-state index is 12.3. The number of hydrogen-bond acceptors (Lipinski definition) is 3. The monoisotopic (exact) mass is 267 g/mol. The second-order valence-electron chi connectivity index (χ2n) is 6.13. The number of fused-ring (bicyclic) bond motifs is 1. The summed E-state index contributed by atoms with van der Waals surface area (Å²) in [7, 11) is 0.